The fourth-order valence-electron chi connectivity index (χ4n) is 1.04. The van der Waals surface area contributed by atoms with Crippen molar-refractivity contribution in [3.63, 3.8) is 0 Å². The molecule has 0 saturated heterocycles. The highest BCUT2D eigenvalue weighted by molar-refractivity contribution is 6.42. The van der Waals surface area contributed by atoms with E-state index in [1.54, 1.807) is 24.3 Å². The maximum Gasteiger partial charge on any atom is 0.354 e. The van der Waals surface area contributed by atoms with Crippen molar-refractivity contribution in [3.8, 4) is 0 Å². The van der Waals surface area contributed by atoms with Crippen molar-refractivity contribution in [1.82, 2.24) is 0 Å². The molecular formula is C10H11NO2. The van der Waals surface area contributed by atoms with Crippen molar-refractivity contribution in [2.75, 3.05) is 6.54 Å². The molecule has 1 aromatic rings. The molecule has 3 nitrogen and oxygen atoms in total. The third-order valence-electron chi connectivity index (χ3n) is 1.57. The van der Waals surface area contributed by atoms with Gasteiger partial charge in [0.1, 0.15) is 5.71 Å². The van der Waals surface area contributed by atoms with Crippen LogP contribution < -0.4 is 0 Å². The van der Waals surface area contributed by atoms with Gasteiger partial charge in [0.15, 0.2) is 0 Å². The Labute approximate surface area is 76.7 Å². The van der Waals surface area contributed by atoms with Gasteiger partial charge in [0.05, 0.1) is 0 Å². The maximum atomic E-state index is 10.8. The summed E-state index contributed by atoms with van der Waals surface area (Å²) < 4.78 is 0. The Kier molecular flexibility index (Phi) is 3.20. The van der Waals surface area contributed by atoms with Crippen LogP contribution in [0.1, 0.15) is 12.5 Å². The van der Waals surface area contributed by atoms with Crippen molar-refractivity contribution < 1.29 is 9.90 Å². The van der Waals surface area contributed by atoms with Crippen LogP contribution in [-0.4, -0.2) is 23.3 Å². The van der Waals surface area contributed by atoms with Crippen LogP contribution in [0.5, 0.6) is 0 Å². The standard InChI is InChI=1S/C10H11NO2/c1-2-11-9(10(12)13)8-6-4-3-5-7-8/h3-7H,2H2,1H3,(H,12,13). The van der Waals surface area contributed by atoms with Crippen LogP contribution in [0.2, 0.25) is 0 Å². The largest absolute Gasteiger partial charge is 0.477 e. The minimum Gasteiger partial charge on any atom is -0.477 e. The van der Waals surface area contributed by atoms with Crippen LogP contribution in [0.25, 0.3) is 0 Å². The Morgan fingerprint density at radius 1 is 1.38 bits per heavy atom. The molecule has 3 heteroatoms. The van der Waals surface area contributed by atoms with Gasteiger partial charge in [-0.15, -0.1) is 0 Å². The molecule has 1 aromatic carbocycles. The number of aliphatic carboxylic acids is 1. The second-order valence-electron chi connectivity index (χ2n) is 2.49. The molecular weight excluding hydrogens is 166 g/mol. The van der Waals surface area contributed by atoms with Crippen molar-refractivity contribution in [1.29, 1.82) is 0 Å². The number of carbonyl (C=O) groups is 1. The number of benzene rings is 1. The second kappa shape index (κ2) is 4.40. The van der Waals surface area contributed by atoms with Gasteiger partial charge in [-0.2, -0.15) is 0 Å². The molecule has 0 heterocycles. The van der Waals surface area contributed by atoms with Gasteiger partial charge >= 0.3 is 5.97 Å². The van der Waals surface area contributed by atoms with Crippen molar-refractivity contribution in [2.24, 2.45) is 4.99 Å². The Balaban J connectivity index is 3.03. The summed E-state index contributed by atoms with van der Waals surface area (Å²) in [4.78, 5) is 14.7. The van der Waals surface area contributed by atoms with Crippen molar-refractivity contribution in [2.45, 2.75) is 6.92 Å². The first-order valence-electron chi connectivity index (χ1n) is 4.09. The van der Waals surface area contributed by atoms with E-state index in [0.717, 1.165) is 0 Å². The number of aliphatic imine (C=N–C) groups is 1. The van der Waals surface area contributed by atoms with E-state index >= 15 is 0 Å². The Morgan fingerprint density at radius 3 is 2.46 bits per heavy atom. The monoisotopic (exact) mass is 177 g/mol. The summed E-state index contributed by atoms with van der Waals surface area (Å²) in [5.74, 6) is -0.979. The number of rotatable bonds is 3. The van der Waals surface area contributed by atoms with Gasteiger partial charge in [-0.25, -0.2) is 4.79 Å². The van der Waals surface area contributed by atoms with Gasteiger partial charge < -0.3 is 5.11 Å². The van der Waals surface area contributed by atoms with E-state index in [-0.39, 0.29) is 5.71 Å². The summed E-state index contributed by atoms with van der Waals surface area (Å²) >= 11 is 0. The molecule has 0 fully saturated rings. The highest BCUT2D eigenvalue weighted by atomic mass is 16.4. The predicted molar refractivity (Wildman–Crippen MR) is 51.2 cm³/mol. The van der Waals surface area contributed by atoms with E-state index in [1.807, 2.05) is 13.0 Å². The van der Waals surface area contributed by atoms with Gasteiger partial charge in [0.25, 0.3) is 0 Å². The number of hydrogen-bond acceptors (Lipinski definition) is 2. The van der Waals surface area contributed by atoms with Crippen LogP contribution in [0, 0.1) is 0 Å². The molecule has 0 radical (unpaired) electrons. The fraction of sp³-hybridized carbons (Fsp3) is 0.200. The van der Waals surface area contributed by atoms with Gasteiger partial charge in [-0.05, 0) is 6.92 Å². The lowest BCUT2D eigenvalue weighted by molar-refractivity contribution is -0.129. The van der Waals surface area contributed by atoms with Crippen molar-refractivity contribution >= 4 is 11.7 Å². The summed E-state index contributed by atoms with van der Waals surface area (Å²) in [7, 11) is 0. The summed E-state index contributed by atoms with van der Waals surface area (Å²) in [6, 6.07) is 8.91. The Bertz CT molecular complexity index is 317. The first-order chi connectivity index (χ1) is 6.25. The van der Waals surface area contributed by atoms with E-state index in [4.69, 9.17) is 5.11 Å². The molecule has 0 aliphatic rings. The molecule has 0 bridgehead atoms. The van der Waals surface area contributed by atoms with Gasteiger partial charge in [0.2, 0.25) is 0 Å². The highest BCUT2D eigenvalue weighted by Crippen LogP contribution is 2.01. The van der Waals surface area contributed by atoms with Crippen LogP contribution in [-0.2, 0) is 4.79 Å². The highest BCUT2D eigenvalue weighted by Gasteiger charge is 2.10. The molecule has 0 aromatic heterocycles. The SMILES string of the molecule is CCN=C(C(=O)O)c1ccccc1. The van der Waals surface area contributed by atoms with E-state index in [2.05, 4.69) is 4.99 Å². The van der Waals surface area contributed by atoms with Gasteiger partial charge in [-0.3, -0.25) is 4.99 Å². The van der Waals surface area contributed by atoms with Crippen molar-refractivity contribution in [3.05, 3.63) is 35.9 Å². The second-order valence-corrected chi connectivity index (χ2v) is 2.49. The first kappa shape index (κ1) is 9.45. The zero-order valence-electron chi connectivity index (χ0n) is 7.40. The molecule has 0 amide bonds. The molecule has 0 spiro atoms. The van der Waals surface area contributed by atoms with Crippen LogP contribution in [0.3, 0.4) is 0 Å². The first-order valence-corrected chi connectivity index (χ1v) is 4.09. The van der Waals surface area contributed by atoms with Crippen LogP contribution >= 0.6 is 0 Å². The minimum absolute atomic E-state index is 0.128. The molecule has 1 N–H and O–H groups in total. The average Bonchev–Trinajstić information content (AvgIpc) is 2.15. The van der Waals surface area contributed by atoms with E-state index in [0.29, 0.717) is 12.1 Å². The Hall–Kier alpha value is -1.64. The third-order valence-corrected chi connectivity index (χ3v) is 1.57. The fourth-order valence-corrected chi connectivity index (χ4v) is 1.04. The van der Waals surface area contributed by atoms with E-state index in [9.17, 15) is 4.79 Å². The summed E-state index contributed by atoms with van der Waals surface area (Å²) in [6.45, 7) is 2.29. The predicted octanol–water partition coefficient (Wildman–Crippen LogP) is 1.58. The molecule has 0 unspecified atom stereocenters. The third kappa shape index (κ3) is 2.40. The van der Waals surface area contributed by atoms with Gasteiger partial charge in [0, 0.05) is 12.1 Å². The lowest BCUT2D eigenvalue weighted by Gasteiger charge is -1.99. The van der Waals surface area contributed by atoms with Crippen LogP contribution in [0.15, 0.2) is 35.3 Å². The summed E-state index contributed by atoms with van der Waals surface area (Å²) in [5.41, 5.74) is 0.778. The normalized spacial score (nSPS) is 11.3. The molecule has 0 aliphatic carbocycles. The van der Waals surface area contributed by atoms with Gasteiger partial charge in [-0.1, -0.05) is 30.3 Å². The number of hydrogen-bond donors (Lipinski definition) is 1. The Morgan fingerprint density at radius 2 is 2.00 bits per heavy atom. The number of carboxylic acids is 1. The van der Waals surface area contributed by atoms with E-state index < -0.39 is 5.97 Å². The number of carboxylic acid groups (broad SMARTS) is 1. The zero-order valence-corrected chi connectivity index (χ0v) is 7.40. The molecule has 1 rings (SSSR count). The smallest absolute Gasteiger partial charge is 0.354 e. The molecule has 0 aliphatic heterocycles. The minimum atomic E-state index is -0.979. The zero-order chi connectivity index (χ0) is 9.68. The summed E-state index contributed by atoms with van der Waals surface area (Å²) in [5, 5.41) is 8.83. The topological polar surface area (TPSA) is 49.7 Å². The molecule has 68 valence electrons. The average molecular weight is 177 g/mol. The molecule has 0 saturated carbocycles. The lowest BCUT2D eigenvalue weighted by Crippen LogP contribution is -2.14. The molecule has 13 heavy (non-hydrogen) atoms. The molecule has 0 atom stereocenters. The van der Waals surface area contributed by atoms with E-state index in [1.165, 1.54) is 0 Å². The maximum absolute atomic E-state index is 10.8. The number of nitrogens with zero attached hydrogens (tertiary/aromatic N) is 1. The quantitative estimate of drug-likeness (QED) is 0.712. The lowest BCUT2D eigenvalue weighted by atomic mass is 10.1. The van der Waals surface area contributed by atoms with Crippen LogP contribution in [0.4, 0.5) is 0 Å². The summed E-state index contributed by atoms with van der Waals surface area (Å²) in [6.07, 6.45) is 0.